The molecule has 43 heavy (non-hydrogen) atoms. The van der Waals surface area contributed by atoms with Gasteiger partial charge in [-0.1, -0.05) is 18.2 Å². The molecule has 0 aromatic heterocycles. The van der Waals surface area contributed by atoms with Crippen LogP contribution in [0.5, 0.6) is 11.5 Å². The summed E-state index contributed by atoms with van der Waals surface area (Å²) in [6.45, 7) is 3.22. The van der Waals surface area contributed by atoms with Crippen LogP contribution in [-0.4, -0.2) is 70.7 Å². The van der Waals surface area contributed by atoms with E-state index < -0.39 is 28.9 Å². The van der Waals surface area contributed by atoms with Crippen molar-refractivity contribution in [3.63, 3.8) is 0 Å². The van der Waals surface area contributed by atoms with Gasteiger partial charge in [0.05, 0.1) is 23.1 Å². The molecule has 3 fully saturated rings. The number of benzene rings is 2. The number of esters is 1. The van der Waals surface area contributed by atoms with E-state index in [4.69, 9.17) is 9.47 Å². The molecule has 2 saturated carbocycles. The Morgan fingerprint density at radius 3 is 2.56 bits per heavy atom. The molecule has 2 heterocycles. The molecule has 1 N–H and O–H groups in total. The molecular weight excluding hydrogens is 561 g/mol. The van der Waals surface area contributed by atoms with E-state index in [2.05, 4.69) is 4.90 Å². The third kappa shape index (κ3) is 4.27. The highest BCUT2D eigenvalue weighted by atomic mass is 19.4. The van der Waals surface area contributed by atoms with E-state index in [1.165, 1.54) is 44.1 Å². The molecule has 5 atom stereocenters. The molecule has 2 aliphatic heterocycles. The Kier molecular flexibility index (Phi) is 6.40. The van der Waals surface area contributed by atoms with E-state index in [9.17, 15) is 27.9 Å². The van der Waals surface area contributed by atoms with Crippen molar-refractivity contribution < 1.29 is 37.3 Å². The number of alkyl halides is 3. The van der Waals surface area contributed by atoms with Gasteiger partial charge in [-0.2, -0.15) is 13.2 Å². The number of hydrogen-bond acceptors (Lipinski definition) is 6. The van der Waals surface area contributed by atoms with Gasteiger partial charge < -0.3 is 19.5 Å². The Bertz CT molecular complexity index is 1500. The van der Waals surface area contributed by atoms with Crippen molar-refractivity contribution in [2.75, 3.05) is 20.1 Å². The molecule has 10 heteroatoms. The van der Waals surface area contributed by atoms with Crippen LogP contribution in [0.25, 0.3) is 6.08 Å². The second-order valence-corrected chi connectivity index (χ2v) is 12.9. The van der Waals surface area contributed by atoms with Crippen LogP contribution in [0, 0.1) is 5.92 Å². The van der Waals surface area contributed by atoms with Crippen LogP contribution in [0.15, 0.2) is 42.5 Å². The Balaban J connectivity index is 1.24. The summed E-state index contributed by atoms with van der Waals surface area (Å²) >= 11 is 0. The van der Waals surface area contributed by atoms with Crippen molar-refractivity contribution in [3.8, 4) is 11.5 Å². The number of ether oxygens (including phenoxy) is 2. The van der Waals surface area contributed by atoms with Crippen molar-refractivity contribution in [2.24, 2.45) is 5.92 Å². The number of piperidine rings is 1. The first-order valence-electron chi connectivity index (χ1n) is 15.0. The third-order valence-corrected chi connectivity index (χ3v) is 10.5. The SMILES string of the molecule is CC(=O)O[C@@]12CC[C@@H](N(C)C(=O)C=Cc3ccc(C(F)(F)F)cc3)[C@@H]3Oc4c(O)ccc5c4[C@@]31CCN(CC1CC1)[C@@H]2C5. The fourth-order valence-corrected chi connectivity index (χ4v) is 8.52. The summed E-state index contributed by atoms with van der Waals surface area (Å²) in [7, 11) is 1.70. The van der Waals surface area contributed by atoms with Crippen LogP contribution < -0.4 is 4.74 Å². The minimum Gasteiger partial charge on any atom is -0.504 e. The van der Waals surface area contributed by atoms with Crippen LogP contribution >= 0.6 is 0 Å². The number of phenolic OH excluding ortho intramolecular Hbond substituents is 1. The van der Waals surface area contributed by atoms with Crippen LogP contribution in [0.1, 0.15) is 61.3 Å². The van der Waals surface area contributed by atoms with Crippen LogP contribution in [0.2, 0.25) is 0 Å². The highest BCUT2D eigenvalue weighted by molar-refractivity contribution is 5.92. The lowest BCUT2D eigenvalue weighted by atomic mass is 9.48. The first kappa shape index (κ1) is 28.3. The predicted molar refractivity (Wildman–Crippen MR) is 151 cm³/mol. The molecule has 1 saturated heterocycles. The van der Waals surface area contributed by atoms with E-state index in [-0.39, 0.29) is 29.7 Å². The number of likely N-dealkylation sites (N-methyl/N-ethyl adjacent to an activating group) is 1. The first-order valence-corrected chi connectivity index (χ1v) is 15.0. The van der Waals surface area contributed by atoms with E-state index in [1.807, 2.05) is 6.07 Å². The number of carbonyl (C=O) groups is 2. The molecule has 1 spiro atoms. The molecule has 7 nitrogen and oxygen atoms in total. The second kappa shape index (κ2) is 9.74. The van der Waals surface area contributed by atoms with Gasteiger partial charge in [-0.15, -0.1) is 0 Å². The summed E-state index contributed by atoms with van der Waals surface area (Å²) in [5.74, 6) is 0.446. The number of rotatable bonds is 6. The fourth-order valence-electron chi connectivity index (χ4n) is 8.52. The molecule has 7 rings (SSSR count). The molecule has 1 amide bonds. The Morgan fingerprint density at radius 2 is 1.88 bits per heavy atom. The molecule has 5 aliphatic rings. The van der Waals surface area contributed by atoms with E-state index in [1.54, 1.807) is 18.0 Å². The number of aromatic hydroxyl groups is 1. The smallest absolute Gasteiger partial charge is 0.416 e. The van der Waals surface area contributed by atoms with E-state index in [0.717, 1.165) is 36.3 Å². The van der Waals surface area contributed by atoms with Gasteiger partial charge in [0.25, 0.3) is 0 Å². The summed E-state index contributed by atoms with van der Waals surface area (Å²) in [6, 6.07) is 7.84. The predicted octanol–water partition coefficient (Wildman–Crippen LogP) is 5.09. The zero-order valence-corrected chi connectivity index (χ0v) is 24.2. The number of phenols is 1. The maximum Gasteiger partial charge on any atom is 0.416 e. The molecule has 228 valence electrons. The molecular formula is C33H35F3N2O5. The molecule has 2 bridgehead atoms. The Morgan fingerprint density at radius 1 is 1.14 bits per heavy atom. The van der Waals surface area contributed by atoms with Crippen LogP contribution in [0.4, 0.5) is 13.2 Å². The lowest BCUT2D eigenvalue weighted by molar-refractivity contribution is -0.223. The molecule has 2 aromatic carbocycles. The molecule has 3 aliphatic carbocycles. The standard InChI is InChI=1S/C33H35F3N2O5/c1-19(39)43-32-14-13-24(37(2)27(41)12-7-20-5-9-23(10-6-20)33(34,35)36)30-31(32)15-16-38(18-21-3-4-21)26(32)17-22-8-11-25(40)29(42-30)28(22)31/h5-12,21,24,26,30,40H,3-4,13-18H2,1-2H3/t24-,26-,30+,31+,32-/m1/s1. The monoisotopic (exact) mass is 596 g/mol. The Labute approximate surface area is 248 Å². The van der Waals surface area contributed by atoms with E-state index in [0.29, 0.717) is 42.9 Å². The fraction of sp³-hybridized carbons (Fsp3) is 0.515. The minimum atomic E-state index is -4.43. The van der Waals surface area contributed by atoms with Gasteiger partial charge in [-0.3, -0.25) is 14.5 Å². The Hall–Kier alpha value is -3.53. The maximum absolute atomic E-state index is 13.5. The van der Waals surface area contributed by atoms with Crippen molar-refractivity contribution >= 4 is 18.0 Å². The zero-order valence-electron chi connectivity index (χ0n) is 24.2. The maximum atomic E-state index is 13.5. The number of likely N-dealkylation sites (tertiary alicyclic amines) is 1. The van der Waals surface area contributed by atoms with Crippen LogP contribution in [0.3, 0.4) is 0 Å². The van der Waals surface area contributed by atoms with Gasteiger partial charge in [-0.25, -0.2) is 0 Å². The van der Waals surface area contributed by atoms with Gasteiger partial charge in [-0.05, 0) is 86.4 Å². The van der Waals surface area contributed by atoms with Gasteiger partial charge in [0, 0.05) is 32.2 Å². The van der Waals surface area contributed by atoms with Crippen molar-refractivity contribution in [1.29, 1.82) is 0 Å². The molecule has 0 radical (unpaired) electrons. The number of nitrogens with zero attached hydrogens (tertiary/aromatic N) is 2. The average Bonchev–Trinajstić information content (AvgIpc) is 3.70. The number of amides is 1. The number of hydrogen-bond donors (Lipinski definition) is 1. The lowest BCUT2D eigenvalue weighted by Gasteiger charge is -2.65. The third-order valence-electron chi connectivity index (χ3n) is 10.5. The van der Waals surface area contributed by atoms with Gasteiger partial charge in [0.2, 0.25) is 5.91 Å². The normalized spacial score (nSPS) is 31.0. The van der Waals surface area contributed by atoms with Crippen LogP contribution in [-0.2, 0) is 32.3 Å². The summed E-state index contributed by atoms with van der Waals surface area (Å²) in [5, 5.41) is 11.0. The average molecular weight is 597 g/mol. The highest BCUT2D eigenvalue weighted by Crippen LogP contribution is 2.67. The first-order chi connectivity index (χ1) is 20.4. The second-order valence-electron chi connectivity index (χ2n) is 12.9. The minimum absolute atomic E-state index is 0.0352. The van der Waals surface area contributed by atoms with Gasteiger partial charge >= 0.3 is 12.1 Å². The van der Waals surface area contributed by atoms with Crippen molar-refractivity contribution in [2.45, 2.75) is 80.8 Å². The van der Waals surface area contributed by atoms with E-state index >= 15 is 0 Å². The van der Waals surface area contributed by atoms with Gasteiger partial charge in [0.1, 0.15) is 11.7 Å². The van der Waals surface area contributed by atoms with Crippen molar-refractivity contribution in [3.05, 3.63) is 64.7 Å². The molecule has 2 aromatic rings. The summed E-state index contributed by atoms with van der Waals surface area (Å²) in [6.07, 6.45) is 2.72. The topological polar surface area (TPSA) is 79.3 Å². The number of halogens is 3. The van der Waals surface area contributed by atoms with Crippen molar-refractivity contribution in [1.82, 2.24) is 9.80 Å². The quantitative estimate of drug-likeness (QED) is 0.370. The highest BCUT2D eigenvalue weighted by Gasteiger charge is 2.75. The summed E-state index contributed by atoms with van der Waals surface area (Å²) in [5.41, 5.74) is 0.120. The zero-order chi connectivity index (χ0) is 30.3. The number of carbonyl (C=O) groups excluding carboxylic acids is 2. The summed E-state index contributed by atoms with van der Waals surface area (Å²) < 4.78 is 52.0. The largest absolute Gasteiger partial charge is 0.504 e. The summed E-state index contributed by atoms with van der Waals surface area (Å²) in [4.78, 5) is 30.4. The lowest BCUT2D eigenvalue weighted by Crippen LogP contribution is -2.79. The molecule has 0 unspecified atom stereocenters. The van der Waals surface area contributed by atoms with Gasteiger partial charge in [0.15, 0.2) is 11.5 Å².